The van der Waals surface area contributed by atoms with Gasteiger partial charge in [0.05, 0.1) is 17.3 Å². The van der Waals surface area contributed by atoms with Gasteiger partial charge in [0, 0.05) is 9.72 Å². The molecular weight excluding hydrogens is 332 g/mol. The van der Waals surface area contributed by atoms with Crippen LogP contribution in [0.4, 0.5) is 5.69 Å². The van der Waals surface area contributed by atoms with Crippen LogP contribution in [-0.4, -0.2) is 17.0 Å². The highest BCUT2D eigenvalue weighted by atomic mass is 79.9. The fourth-order valence-corrected chi connectivity index (χ4v) is 3.83. The van der Waals surface area contributed by atoms with Crippen LogP contribution in [0.2, 0.25) is 5.02 Å². The number of nitrogens with zero attached hydrogens (tertiary/aromatic N) is 1. The van der Waals surface area contributed by atoms with E-state index in [9.17, 15) is 0 Å². The molecule has 5 heteroatoms. The molecule has 0 spiro atoms. The van der Waals surface area contributed by atoms with Crippen molar-refractivity contribution in [2.24, 2.45) is 10.9 Å². The number of halogens is 2. The van der Waals surface area contributed by atoms with Crippen LogP contribution < -0.4 is 5.32 Å². The van der Waals surface area contributed by atoms with Gasteiger partial charge in [-0.3, -0.25) is 4.99 Å². The number of benzene rings is 1. The molecule has 0 bridgehead atoms. The first-order valence-electron chi connectivity index (χ1n) is 5.98. The summed E-state index contributed by atoms with van der Waals surface area (Å²) < 4.78 is 0.983. The Morgan fingerprint density at radius 2 is 2.33 bits per heavy atom. The summed E-state index contributed by atoms with van der Waals surface area (Å²) in [6.45, 7) is 5.40. The quantitative estimate of drug-likeness (QED) is 0.829. The third-order valence-electron chi connectivity index (χ3n) is 2.62. The van der Waals surface area contributed by atoms with E-state index in [2.05, 4.69) is 40.1 Å². The van der Waals surface area contributed by atoms with Gasteiger partial charge in [-0.2, -0.15) is 0 Å². The molecular formula is C13H16BrClN2S. The molecule has 2 nitrogen and oxygen atoms in total. The number of hydrogen-bond acceptors (Lipinski definition) is 3. The van der Waals surface area contributed by atoms with E-state index < -0.39 is 0 Å². The first-order valence-corrected chi connectivity index (χ1v) is 8.03. The van der Waals surface area contributed by atoms with Gasteiger partial charge in [-0.1, -0.05) is 53.1 Å². The van der Waals surface area contributed by atoms with Gasteiger partial charge in [-0.25, -0.2) is 0 Å². The molecule has 98 valence electrons. The zero-order chi connectivity index (χ0) is 13.1. The summed E-state index contributed by atoms with van der Waals surface area (Å²) in [5, 5.41) is 5.58. The smallest absolute Gasteiger partial charge is 0.161 e. The molecule has 1 aromatic carbocycles. The summed E-state index contributed by atoms with van der Waals surface area (Å²) in [4.78, 5) is 4.53. The van der Waals surface area contributed by atoms with Gasteiger partial charge in [0.15, 0.2) is 5.17 Å². The molecule has 0 aromatic heterocycles. The Hall–Kier alpha value is -0.190. The Balaban J connectivity index is 1.95. The monoisotopic (exact) mass is 346 g/mol. The van der Waals surface area contributed by atoms with Crippen molar-refractivity contribution in [1.29, 1.82) is 0 Å². The Labute approximate surface area is 126 Å². The molecule has 18 heavy (non-hydrogen) atoms. The standard InChI is InChI=1S/C13H16BrClN2S/c1-8(2)5-10-7-16-13(18-10)17-12-4-3-9(14)6-11(12)15/h3-4,6,8,10H,5,7H2,1-2H3,(H,16,17). The lowest BCUT2D eigenvalue weighted by Crippen LogP contribution is -2.09. The summed E-state index contributed by atoms with van der Waals surface area (Å²) in [6.07, 6.45) is 1.20. The summed E-state index contributed by atoms with van der Waals surface area (Å²) in [7, 11) is 0. The summed E-state index contributed by atoms with van der Waals surface area (Å²) >= 11 is 11.4. The Bertz CT molecular complexity index is 462. The molecule has 0 radical (unpaired) electrons. The SMILES string of the molecule is CC(C)CC1CN=C(Nc2ccc(Br)cc2Cl)S1. The van der Waals surface area contributed by atoms with E-state index in [4.69, 9.17) is 11.6 Å². The zero-order valence-electron chi connectivity index (χ0n) is 10.4. The maximum atomic E-state index is 6.17. The first kappa shape index (κ1) is 14.2. The molecule has 0 aliphatic carbocycles. The van der Waals surface area contributed by atoms with Gasteiger partial charge in [0.1, 0.15) is 0 Å². The topological polar surface area (TPSA) is 24.4 Å². The number of aliphatic imine (C=N–C) groups is 1. The van der Waals surface area contributed by atoms with E-state index in [0.29, 0.717) is 16.2 Å². The van der Waals surface area contributed by atoms with Crippen molar-refractivity contribution in [2.75, 3.05) is 11.9 Å². The summed E-state index contributed by atoms with van der Waals surface area (Å²) in [6, 6.07) is 5.82. The number of nitrogens with one attached hydrogen (secondary N) is 1. The van der Waals surface area contributed by atoms with E-state index in [0.717, 1.165) is 21.9 Å². The second kappa shape index (κ2) is 6.31. The molecule has 0 fully saturated rings. The maximum Gasteiger partial charge on any atom is 0.161 e. The van der Waals surface area contributed by atoms with Gasteiger partial charge >= 0.3 is 0 Å². The van der Waals surface area contributed by atoms with E-state index in [1.165, 1.54) is 6.42 Å². The number of rotatable bonds is 3. The van der Waals surface area contributed by atoms with Gasteiger partial charge in [0.25, 0.3) is 0 Å². The Morgan fingerprint density at radius 1 is 1.56 bits per heavy atom. The molecule has 1 heterocycles. The number of amidine groups is 1. The fraction of sp³-hybridized carbons (Fsp3) is 0.462. The van der Waals surface area contributed by atoms with Gasteiger partial charge in [-0.05, 0) is 30.5 Å². The van der Waals surface area contributed by atoms with Crippen molar-refractivity contribution in [3.05, 3.63) is 27.7 Å². The van der Waals surface area contributed by atoms with Crippen molar-refractivity contribution in [2.45, 2.75) is 25.5 Å². The summed E-state index contributed by atoms with van der Waals surface area (Å²) in [5.74, 6) is 0.716. The van der Waals surface area contributed by atoms with Crippen molar-refractivity contribution in [3.8, 4) is 0 Å². The fourth-order valence-electron chi connectivity index (χ4n) is 1.84. The molecule has 1 aliphatic rings. The predicted molar refractivity (Wildman–Crippen MR) is 85.9 cm³/mol. The molecule has 1 atom stereocenters. The highest BCUT2D eigenvalue weighted by Gasteiger charge is 2.20. The number of thioether (sulfide) groups is 1. The molecule has 1 aliphatic heterocycles. The average molecular weight is 348 g/mol. The van der Waals surface area contributed by atoms with Crippen LogP contribution in [-0.2, 0) is 0 Å². The lowest BCUT2D eigenvalue weighted by Gasteiger charge is -2.12. The normalized spacial score (nSPS) is 19.2. The third kappa shape index (κ3) is 3.90. The Kier molecular flexibility index (Phi) is 4.98. The van der Waals surface area contributed by atoms with Crippen LogP contribution in [0.25, 0.3) is 0 Å². The minimum absolute atomic E-state index is 0.599. The molecule has 0 amide bonds. The van der Waals surface area contributed by atoms with Gasteiger partial charge in [-0.15, -0.1) is 0 Å². The second-order valence-corrected chi connectivity index (χ2v) is 7.38. The van der Waals surface area contributed by atoms with Crippen molar-refractivity contribution < 1.29 is 0 Å². The third-order valence-corrected chi connectivity index (χ3v) is 4.56. The first-order chi connectivity index (χ1) is 8.54. The van der Waals surface area contributed by atoms with Crippen molar-refractivity contribution in [1.82, 2.24) is 0 Å². The average Bonchev–Trinajstić information content (AvgIpc) is 2.69. The minimum Gasteiger partial charge on any atom is -0.334 e. The second-order valence-electron chi connectivity index (χ2n) is 4.76. The molecule has 2 rings (SSSR count). The van der Waals surface area contributed by atoms with E-state index >= 15 is 0 Å². The van der Waals surface area contributed by atoms with Crippen molar-refractivity contribution in [3.63, 3.8) is 0 Å². The number of hydrogen-bond donors (Lipinski definition) is 1. The lowest BCUT2D eigenvalue weighted by atomic mass is 10.1. The van der Waals surface area contributed by atoms with Crippen molar-refractivity contribution >= 4 is 50.1 Å². The highest BCUT2D eigenvalue weighted by molar-refractivity contribution is 9.10. The van der Waals surface area contributed by atoms with E-state index in [-0.39, 0.29) is 0 Å². The Morgan fingerprint density at radius 3 is 3.00 bits per heavy atom. The van der Waals surface area contributed by atoms with Crippen LogP contribution >= 0.6 is 39.3 Å². The van der Waals surface area contributed by atoms with Crippen LogP contribution in [0, 0.1) is 5.92 Å². The van der Waals surface area contributed by atoms with Crippen LogP contribution in [0.5, 0.6) is 0 Å². The minimum atomic E-state index is 0.599. The van der Waals surface area contributed by atoms with Crippen LogP contribution in [0.1, 0.15) is 20.3 Å². The highest BCUT2D eigenvalue weighted by Crippen LogP contribution is 2.30. The molecule has 1 unspecified atom stereocenters. The summed E-state index contributed by atoms with van der Waals surface area (Å²) in [5.41, 5.74) is 0.913. The molecule has 1 N–H and O–H groups in total. The molecule has 0 saturated carbocycles. The van der Waals surface area contributed by atoms with Crippen LogP contribution in [0.3, 0.4) is 0 Å². The molecule has 0 saturated heterocycles. The maximum absolute atomic E-state index is 6.17. The van der Waals surface area contributed by atoms with Crippen LogP contribution in [0.15, 0.2) is 27.7 Å². The predicted octanol–water partition coefficient (Wildman–Crippen LogP) is 5.03. The molecule has 1 aromatic rings. The van der Waals surface area contributed by atoms with E-state index in [1.807, 2.05) is 30.0 Å². The van der Waals surface area contributed by atoms with E-state index in [1.54, 1.807) is 0 Å². The number of anilines is 1. The van der Waals surface area contributed by atoms with Gasteiger partial charge < -0.3 is 5.32 Å². The zero-order valence-corrected chi connectivity index (χ0v) is 13.6. The lowest BCUT2D eigenvalue weighted by molar-refractivity contribution is 0.575. The van der Waals surface area contributed by atoms with Gasteiger partial charge in [0.2, 0.25) is 0 Å². The largest absolute Gasteiger partial charge is 0.334 e.